The van der Waals surface area contributed by atoms with Gasteiger partial charge in [-0.25, -0.2) is 9.37 Å². The Kier molecular flexibility index (Phi) is 5.70. The molecule has 0 saturated carbocycles. The SMILES string of the molecule is Cc1nc(CNC(=O)[C@H]2CS[C@@H](Cc3ccccc3F)C(=O)N2)cs1. The summed E-state index contributed by atoms with van der Waals surface area (Å²) in [7, 11) is 0. The summed E-state index contributed by atoms with van der Waals surface area (Å²) in [6.45, 7) is 2.25. The van der Waals surface area contributed by atoms with Gasteiger partial charge < -0.3 is 10.6 Å². The van der Waals surface area contributed by atoms with E-state index in [0.717, 1.165) is 10.7 Å². The molecule has 8 heteroatoms. The van der Waals surface area contributed by atoms with Crippen LogP contribution in [0.1, 0.15) is 16.3 Å². The molecule has 2 N–H and O–H groups in total. The Hall–Kier alpha value is -1.93. The molecule has 1 fully saturated rings. The van der Waals surface area contributed by atoms with Gasteiger partial charge in [0.2, 0.25) is 11.8 Å². The molecule has 2 heterocycles. The predicted molar refractivity (Wildman–Crippen MR) is 97.0 cm³/mol. The Bertz CT molecular complexity index is 781. The Morgan fingerprint density at radius 3 is 2.92 bits per heavy atom. The number of halogens is 1. The minimum absolute atomic E-state index is 0.226. The van der Waals surface area contributed by atoms with Crippen molar-refractivity contribution in [2.24, 2.45) is 0 Å². The minimum Gasteiger partial charge on any atom is -0.349 e. The number of thiazole rings is 1. The average molecular weight is 379 g/mol. The van der Waals surface area contributed by atoms with Gasteiger partial charge in [0.25, 0.3) is 0 Å². The normalized spacial score (nSPS) is 20.2. The lowest BCUT2D eigenvalue weighted by Gasteiger charge is -2.28. The zero-order chi connectivity index (χ0) is 17.8. The highest BCUT2D eigenvalue weighted by atomic mass is 32.2. The second-order valence-corrected chi connectivity index (χ2v) is 8.05. The van der Waals surface area contributed by atoms with Crippen LogP contribution in [0.2, 0.25) is 0 Å². The zero-order valence-corrected chi connectivity index (χ0v) is 15.3. The van der Waals surface area contributed by atoms with Crippen molar-refractivity contribution in [2.75, 3.05) is 5.75 Å². The van der Waals surface area contributed by atoms with Crippen LogP contribution in [0.4, 0.5) is 4.39 Å². The number of carbonyl (C=O) groups is 2. The van der Waals surface area contributed by atoms with Crippen molar-refractivity contribution in [2.45, 2.75) is 31.2 Å². The molecule has 0 aliphatic carbocycles. The maximum Gasteiger partial charge on any atom is 0.243 e. The monoisotopic (exact) mass is 379 g/mol. The largest absolute Gasteiger partial charge is 0.349 e. The van der Waals surface area contributed by atoms with Gasteiger partial charge in [-0.3, -0.25) is 9.59 Å². The molecule has 2 atom stereocenters. The van der Waals surface area contributed by atoms with Gasteiger partial charge in [-0.1, -0.05) is 18.2 Å². The number of benzene rings is 1. The molecule has 132 valence electrons. The van der Waals surface area contributed by atoms with Crippen LogP contribution in [-0.4, -0.2) is 33.8 Å². The number of nitrogens with one attached hydrogen (secondary N) is 2. The zero-order valence-electron chi connectivity index (χ0n) is 13.6. The Morgan fingerprint density at radius 2 is 2.24 bits per heavy atom. The Balaban J connectivity index is 1.51. The highest BCUT2D eigenvalue weighted by molar-refractivity contribution is 8.00. The summed E-state index contributed by atoms with van der Waals surface area (Å²) in [5.74, 6) is -0.304. The molecule has 2 amide bonds. The lowest BCUT2D eigenvalue weighted by Crippen LogP contribution is -2.54. The second-order valence-electron chi connectivity index (χ2n) is 5.75. The summed E-state index contributed by atoms with van der Waals surface area (Å²) in [6, 6.07) is 5.86. The van der Waals surface area contributed by atoms with Crippen LogP contribution in [0.5, 0.6) is 0 Å². The van der Waals surface area contributed by atoms with Gasteiger partial charge in [0.15, 0.2) is 0 Å². The average Bonchev–Trinajstić information content (AvgIpc) is 3.02. The molecule has 5 nitrogen and oxygen atoms in total. The molecular weight excluding hydrogens is 361 g/mol. The van der Waals surface area contributed by atoms with Gasteiger partial charge in [0.05, 0.1) is 22.5 Å². The number of hydrogen-bond donors (Lipinski definition) is 2. The van der Waals surface area contributed by atoms with E-state index in [-0.39, 0.29) is 22.9 Å². The van der Waals surface area contributed by atoms with Crippen LogP contribution >= 0.6 is 23.1 Å². The molecule has 1 aliphatic heterocycles. The third-order valence-corrected chi connectivity index (χ3v) is 5.99. The van der Waals surface area contributed by atoms with Crippen LogP contribution < -0.4 is 10.6 Å². The number of aryl methyl sites for hydroxylation is 1. The van der Waals surface area contributed by atoms with E-state index >= 15 is 0 Å². The first-order chi connectivity index (χ1) is 12.0. The van der Waals surface area contributed by atoms with E-state index in [1.807, 2.05) is 12.3 Å². The number of carbonyl (C=O) groups excluding carboxylic acids is 2. The molecule has 1 aliphatic rings. The number of thioether (sulfide) groups is 1. The van der Waals surface area contributed by atoms with Crippen molar-refractivity contribution in [3.8, 4) is 0 Å². The number of aromatic nitrogens is 1. The lowest BCUT2D eigenvalue weighted by atomic mass is 10.1. The number of amides is 2. The first kappa shape index (κ1) is 17.9. The van der Waals surface area contributed by atoms with E-state index in [1.54, 1.807) is 18.2 Å². The molecule has 25 heavy (non-hydrogen) atoms. The summed E-state index contributed by atoms with van der Waals surface area (Å²) >= 11 is 2.91. The van der Waals surface area contributed by atoms with Crippen molar-refractivity contribution < 1.29 is 14.0 Å². The van der Waals surface area contributed by atoms with Gasteiger partial charge in [-0.2, -0.15) is 0 Å². The summed E-state index contributed by atoms with van der Waals surface area (Å²) in [4.78, 5) is 28.8. The fourth-order valence-electron chi connectivity index (χ4n) is 2.54. The van der Waals surface area contributed by atoms with Crippen LogP contribution in [-0.2, 0) is 22.6 Å². The summed E-state index contributed by atoms with van der Waals surface area (Å²) in [5.41, 5.74) is 1.32. The van der Waals surface area contributed by atoms with Gasteiger partial charge in [-0.05, 0) is 25.0 Å². The van der Waals surface area contributed by atoms with Crippen molar-refractivity contribution in [1.29, 1.82) is 0 Å². The number of hydrogen-bond acceptors (Lipinski definition) is 5. The van der Waals surface area contributed by atoms with Gasteiger partial charge >= 0.3 is 0 Å². The van der Waals surface area contributed by atoms with E-state index in [0.29, 0.717) is 24.3 Å². The molecule has 1 saturated heterocycles. The fourth-order valence-corrected chi connectivity index (χ4v) is 4.33. The Morgan fingerprint density at radius 1 is 1.44 bits per heavy atom. The van der Waals surface area contributed by atoms with Crippen molar-refractivity contribution >= 4 is 34.9 Å². The summed E-state index contributed by atoms with van der Waals surface area (Å²) in [5, 5.41) is 7.98. The maximum absolute atomic E-state index is 13.7. The van der Waals surface area contributed by atoms with Crippen LogP contribution in [0.25, 0.3) is 0 Å². The van der Waals surface area contributed by atoms with Gasteiger partial charge in [0, 0.05) is 11.1 Å². The van der Waals surface area contributed by atoms with Crippen molar-refractivity contribution in [3.63, 3.8) is 0 Å². The topological polar surface area (TPSA) is 71.1 Å². The molecule has 3 rings (SSSR count). The van der Waals surface area contributed by atoms with E-state index < -0.39 is 6.04 Å². The van der Waals surface area contributed by atoms with E-state index in [9.17, 15) is 14.0 Å². The van der Waals surface area contributed by atoms with Gasteiger partial charge in [0.1, 0.15) is 11.9 Å². The summed E-state index contributed by atoms with van der Waals surface area (Å²) in [6.07, 6.45) is 0.315. The van der Waals surface area contributed by atoms with Crippen molar-refractivity contribution in [1.82, 2.24) is 15.6 Å². The molecular formula is C17H18FN3O2S2. The van der Waals surface area contributed by atoms with Crippen LogP contribution in [0.3, 0.4) is 0 Å². The first-order valence-electron chi connectivity index (χ1n) is 7.87. The number of rotatable bonds is 5. The standard InChI is InChI=1S/C17H18FN3O2S2/c1-10-20-12(8-24-10)7-19-16(22)14-9-25-15(17(23)21-14)6-11-4-2-3-5-13(11)18/h2-5,8,14-15H,6-7,9H2,1H3,(H,19,22)(H,21,23)/t14-,15+/m1/s1. The predicted octanol–water partition coefficient (Wildman–Crippen LogP) is 2.05. The second kappa shape index (κ2) is 7.97. The third-order valence-electron chi connectivity index (χ3n) is 3.86. The molecule has 0 spiro atoms. The quantitative estimate of drug-likeness (QED) is 0.834. The molecule has 0 unspecified atom stereocenters. The first-order valence-corrected chi connectivity index (χ1v) is 9.80. The van der Waals surface area contributed by atoms with E-state index in [1.165, 1.54) is 29.2 Å². The van der Waals surface area contributed by atoms with E-state index in [2.05, 4.69) is 15.6 Å². The van der Waals surface area contributed by atoms with E-state index in [4.69, 9.17) is 0 Å². The van der Waals surface area contributed by atoms with Gasteiger partial charge in [-0.15, -0.1) is 23.1 Å². The third kappa shape index (κ3) is 4.58. The molecule has 1 aromatic carbocycles. The maximum atomic E-state index is 13.7. The number of nitrogens with zero attached hydrogens (tertiary/aromatic N) is 1. The fraction of sp³-hybridized carbons (Fsp3) is 0.353. The smallest absolute Gasteiger partial charge is 0.243 e. The molecule has 2 aromatic rings. The highest BCUT2D eigenvalue weighted by Gasteiger charge is 2.32. The lowest BCUT2D eigenvalue weighted by molar-refractivity contribution is -0.128. The summed E-state index contributed by atoms with van der Waals surface area (Å²) < 4.78 is 13.7. The molecule has 0 bridgehead atoms. The van der Waals surface area contributed by atoms with Crippen LogP contribution in [0.15, 0.2) is 29.6 Å². The molecule has 0 radical (unpaired) electrons. The Labute approximate surface area is 153 Å². The van der Waals surface area contributed by atoms with Crippen molar-refractivity contribution in [3.05, 3.63) is 51.7 Å². The highest BCUT2D eigenvalue weighted by Crippen LogP contribution is 2.23. The minimum atomic E-state index is -0.575. The van der Waals surface area contributed by atoms with Crippen LogP contribution in [0, 0.1) is 12.7 Å². The molecule has 1 aromatic heterocycles.